The molecule has 3 aromatic rings. The first-order valence-electron chi connectivity index (χ1n) is 10.0. The van der Waals surface area contributed by atoms with E-state index in [4.69, 9.17) is 0 Å². The van der Waals surface area contributed by atoms with Gasteiger partial charge in [0.05, 0.1) is 5.56 Å². The average molecular weight is 460 g/mol. The highest BCUT2D eigenvalue weighted by Crippen LogP contribution is 2.24. The molecular formula is C21H23BrFN5O. The zero-order valence-corrected chi connectivity index (χ0v) is 18.1. The Labute approximate surface area is 177 Å². The molecular weight excluding hydrogens is 437 g/mol. The molecule has 152 valence electrons. The number of rotatable bonds is 3. The number of hydrogen-bond donors (Lipinski definition) is 0. The molecule has 1 fully saturated rings. The molecule has 0 radical (unpaired) electrons. The van der Waals surface area contributed by atoms with Crippen LogP contribution in [0.4, 0.5) is 4.39 Å². The average Bonchev–Trinajstić information content (AvgIpc) is 3.01. The molecule has 3 heterocycles. The molecule has 1 aliphatic rings. The third-order valence-corrected chi connectivity index (χ3v) is 5.95. The van der Waals surface area contributed by atoms with Crippen LogP contribution in [0, 0.1) is 5.82 Å². The molecule has 29 heavy (non-hydrogen) atoms. The van der Waals surface area contributed by atoms with Crippen molar-refractivity contribution in [1.82, 2.24) is 24.5 Å². The van der Waals surface area contributed by atoms with Crippen LogP contribution in [0.5, 0.6) is 0 Å². The molecule has 0 saturated carbocycles. The van der Waals surface area contributed by atoms with Gasteiger partial charge in [-0.3, -0.25) is 4.79 Å². The molecule has 6 nitrogen and oxygen atoms in total. The summed E-state index contributed by atoms with van der Waals surface area (Å²) in [5.41, 5.74) is 1.49. The minimum Gasteiger partial charge on any atom is -0.335 e. The van der Waals surface area contributed by atoms with E-state index in [2.05, 4.69) is 37.9 Å². The number of fused-ring (bicyclic) bond motifs is 1. The summed E-state index contributed by atoms with van der Waals surface area (Å²) in [6.07, 6.45) is 4.96. The van der Waals surface area contributed by atoms with Crippen LogP contribution in [-0.4, -0.2) is 43.0 Å². The first-order valence-corrected chi connectivity index (χ1v) is 10.8. The lowest BCUT2D eigenvalue weighted by Crippen LogP contribution is -2.38. The van der Waals surface area contributed by atoms with Gasteiger partial charge in [-0.2, -0.15) is 4.98 Å². The highest BCUT2D eigenvalue weighted by Gasteiger charge is 2.25. The maximum absolute atomic E-state index is 14.4. The minimum atomic E-state index is -0.414. The standard InChI is InChI=1S/C21H23BrFN5O/c1-3-15-12-18(20(29)27-10-6-4-5-7-13(27)2)24-21-25-19(26-28(15)21)16-9-8-14(22)11-17(16)23/h8-9,11-13H,3-7,10H2,1-2H3. The van der Waals surface area contributed by atoms with Gasteiger partial charge in [0.1, 0.15) is 11.5 Å². The van der Waals surface area contributed by atoms with Crippen molar-refractivity contribution in [2.75, 3.05) is 6.54 Å². The Balaban J connectivity index is 1.76. The summed E-state index contributed by atoms with van der Waals surface area (Å²) in [5.74, 6) is 0.0800. The van der Waals surface area contributed by atoms with Crippen molar-refractivity contribution in [2.45, 2.75) is 52.0 Å². The molecule has 0 aliphatic carbocycles. The fraction of sp³-hybridized carbons (Fsp3) is 0.429. The number of likely N-dealkylation sites (tertiary alicyclic amines) is 1. The Bertz CT molecular complexity index is 1070. The van der Waals surface area contributed by atoms with Gasteiger partial charge in [0, 0.05) is 22.8 Å². The highest BCUT2D eigenvalue weighted by atomic mass is 79.9. The quantitative estimate of drug-likeness (QED) is 0.571. The molecule has 1 amide bonds. The van der Waals surface area contributed by atoms with E-state index in [1.54, 1.807) is 22.7 Å². The van der Waals surface area contributed by atoms with Crippen molar-refractivity contribution in [3.63, 3.8) is 0 Å². The number of benzene rings is 1. The normalized spacial score (nSPS) is 17.5. The summed E-state index contributed by atoms with van der Waals surface area (Å²) in [5, 5.41) is 4.45. The van der Waals surface area contributed by atoms with Gasteiger partial charge in [-0.25, -0.2) is 13.9 Å². The predicted molar refractivity (Wildman–Crippen MR) is 112 cm³/mol. The van der Waals surface area contributed by atoms with Gasteiger partial charge >= 0.3 is 0 Å². The maximum atomic E-state index is 14.4. The van der Waals surface area contributed by atoms with E-state index in [0.29, 0.717) is 27.9 Å². The highest BCUT2D eigenvalue weighted by molar-refractivity contribution is 9.10. The lowest BCUT2D eigenvalue weighted by atomic mass is 10.1. The molecule has 1 saturated heterocycles. The third-order valence-electron chi connectivity index (χ3n) is 5.45. The number of carbonyl (C=O) groups is 1. The third kappa shape index (κ3) is 3.90. The Morgan fingerprint density at radius 1 is 1.24 bits per heavy atom. The molecule has 0 N–H and O–H groups in total. The molecule has 1 aliphatic heterocycles. The van der Waals surface area contributed by atoms with Crippen LogP contribution in [0.15, 0.2) is 28.7 Å². The lowest BCUT2D eigenvalue weighted by Gasteiger charge is -2.26. The van der Waals surface area contributed by atoms with E-state index in [-0.39, 0.29) is 17.8 Å². The van der Waals surface area contributed by atoms with E-state index >= 15 is 0 Å². The van der Waals surface area contributed by atoms with E-state index < -0.39 is 5.82 Å². The molecule has 0 bridgehead atoms. The summed E-state index contributed by atoms with van der Waals surface area (Å²) in [6.45, 7) is 4.82. The van der Waals surface area contributed by atoms with Gasteiger partial charge in [-0.15, -0.1) is 5.10 Å². The monoisotopic (exact) mass is 459 g/mol. The van der Waals surface area contributed by atoms with Crippen molar-refractivity contribution in [3.8, 4) is 11.4 Å². The second-order valence-electron chi connectivity index (χ2n) is 7.45. The lowest BCUT2D eigenvalue weighted by molar-refractivity contribution is 0.0691. The zero-order chi connectivity index (χ0) is 20.5. The minimum absolute atomic E-state index is 0.0732. The number of aromatic nitrogens is 4. The van der Waals surface area contributed by atoms with Crippen LogP contribution in [0.25, 0.3) is 17.2 Å². The van der Waals surface area contributed by atoms with Crippen molar-refractivity contribution in [2.24, 2.45) is 0 Å². The van der Waals surface area contributed by atoms with Crippen LogP contribution in [0.3, 0.4) is 0 Å². The number of nitrogens with zero attached hydrogens (tertiary/aromatic N) is 5. The van der Waals surface area contributed by atoms with Crippen molar-refractivity contribution in [3.05, 3.63) is 45.9 Å². The molecule has 4 rings (SSSR count). The number of aryl methyl sites for hydroxylation is 1. The van der Waals surface area contributed by atoms with Gasteiger partial charge in [0.15, 0.2) is 5.82 Å². The topological polar surface area (TPSA) is 63.4 Å². The number of amides is 1. The second-order valence-corrected chi connectivity index (χ2v) is 8.37. The van der Waals surface area contributed by atoms with Crippen LogP contribution in [-0.2, 0) is 6.42 Å². The summed E-state index contributed by atoms with van der Waals surface area (Å²) in [4.78, 5) is 24.0. The van der Waals surface area contributed by atoms with Crippen molar-refractivity contribution >= 4 is 27.6 Å². The van der Waals surface area contributed by atoms with Gasteiger partial charge in [0.2, 0.25) is 0 Å². The second kappa shape index (κ2) is 8.18. The van der Waals surface area contributed by atoms with Crippen LogP contribution >= 0.6 is 15.9 Å². The zero-order valence-electron chi connectivity index (χ0n) is 16.5. The van der Waals surface area contributed by atoms with Gasteiger partial charge in [-0.05, 0) is 50.5 Å². The molecule has 8 heteroatoms. The van der Waals surface area contributed by atoms with Crippen LogP contribution < -0.4 is 0 Å². The van der Waals surface area contributed by atoms with Gasteiger partial charge in [0.25, 0.3) is 11.7 Å². The summed E-state index contributed by atoms with van der Waals surface area (Å²) >= 11 is 3.26. The van der Waals surface area contributed by atoms with Gasteiger partial charge < -0.3 is 4.90 Å². The smallest absolute Gasteiger partial charge is 0.272 e. The summed E-state index contributed by atoms with van der Waals surface area (Å²) in [7, 11) is 0. The van der Waals surface area contributed by atoms with Crippen molar-refractivity contribution in [1.29, 1.82) is 0 Å². The van der Waals surface area contributed by atoms with Crippen LogP contribution in [0.1, 0.15) is 55.7 Å². The van der Waals surface area contributed by atoms with Gasteiger partial charge in [-0.1, -0.05) is 35.7 Å². The van der Waals surface area contributed by atoms with E-state index in [1.165, 1.54) is 6.07 Å². The fourth-order valence-corrected chi connectivity index (χ4v) is 4.13. The molecule has 1 atom stereocenters. The fourth-order valence-electron chi connectivity index (χ4n) is 3.80. The molecule has 2 aromatic heterocycles. The largest absolute Gasteiger partial charge is 0.335 e. The van der Waals surface area contributed by atoms with E-state index in [0.717, 1.165) is 37.9 Å². The summed E-state index contributed by atoms with van der Waals surface area (Å²) < 4.78 is 16.6. The molecule has 1 unspecified atom stereocenters. The number of hydrogen-bond acceptors (Lipinski definition) is 4. The Morgan fingerprint density at radius 3 is 2.83 bits per heavy atom. The number of halogens is 2. The molecule has 1 aromatic carbocycles. The van der Waals surface area contributed by atoms with E-state index in [9.17, 15) is 9.18 Å². The SMILES string of the molecule is CCc1cc(C(=O)N2CCCCCC2C)nc2nc(-c3ccc(Br)cc3F)nn12. The Kier molecular flexibility index (Phi) is 5.63. The number of carbonyl (C=O) groups excluding carboxylic acids is 1. The molecule has 0 spiro atoms. The maximum Gasteiger partial charge on any atom is 0.272 e. The first kappa shape index (κ1) is 19.9. The summed E-state index contributed by atoms with van der Waals surface area (Å²) in [6, 6.07) is 6.73. The van der Waals surface area contributed by atoms with E-state index in [1.807, 2.05) is 11.8 Å². The first-order chi connectivity index (χ1) is 14.0. The predicted octanol–water partition coefficient (Wildman–Crippen LogP) is 4.66. The Hall–Kier alpha value is -2.35. The van der Waals surface area contributed by atoms with Crippen LogP contribution in [0.2, 0.25) is 0 Å². The van der Waals surface area contributed by atoms with Crippen molar-refractivity contribution < 1.29 is 9.18 Å². The Morgan fingerprint density at radius 2 is 2.07 bits per heavy atom.